The van der Waals surface area contributed by atoms with Crippen LogP contribution in [0.2, 0.25) is 0 Å². The number of carbonyl (C=O) groups excluding carboxylic acids is 1. The van der Waals surface area contributed by atoms with Crippen molar-refractivity contribution in [2.45, 2.75) is 13.0 Å². The normalized spacial score (nSPS) is 11.7. The summed E-state index contributed by atoms with van der Waals surface area (Å²) < 4.78 is 12.8. The lowest BCUT2D eigenvalue weighted by molar-refractivity contribution is 0.0997. The maximum Gasteiger partial charge on any atom is 0.291 e. The molecular formula is C28H26N6O4. The van der Waals surface area contributed by atoms with E-state index in [1.165, 1.54) is 0 Å². The van der Waals surface area contributed by atoms with E-state index in [-0.39, 0.29) is 11.7 Å². The fourth-order valence-corrected chi connectivity index (χ4v) is 3.81. The highest BCUT2D eigenvalue weighted by atomic mass is 16.5. The molecule has 0 radical (unpaired) electrons. The summed E-state index contributed by atoms with van der Waals surface area (Å²) in [7, 11) is 1.61. The average Bonchev–Trinajstić information content (AvgIpc) is 3.63. The number of ether oxygens (including phenoxy) is 1. The molecule has 2 aromatic carbocycles. The molecule has 10 nitrogen and oxygen atoms in total. The van der Waals surface area contributed by atoms with Gasteiger partial charge in [0.05, 0.1) is 13.2 Å². The second-order valence-corrected chi connectivity index (χ2v) is 8.52. The number of methoxy groups -OCH3 is 1. The van der Waals surface area contributed by atoms with Crippen LogP contribution in [0.15, 0.2) is 89.7 Å². The Balaban J connectivity index is 1.33. The van der Waals surface area contributed by atoms with Gasteiger partial charge in [-0.25, -0.2) is 9.97 Å². The fraction of sp³-hybridized carbons (Fsp3) is 0.143. The molecule has 1 amide bonds. The number of benzene rings is 2. The molecule has 0 saturated carbocycles. The van der Waals surface area contributed by atoms with Gasteiger partial charge in [0.1, 0.15) is 23.2 Å². The molecule has 3 aromatic heterocycles. The highest BCUT2D eigenvalue weighted by Crippen LogP contribution is 2.27. The van der Waals surface area contributed by atoms with Crippen LogP contribution in [-0.2, 0) is 0 Å². The van der Waals surface area contributed by atoms with Gasteiger partial charge in [0, 0.05) is 41.9 Å². The van der Waals surface area contributed by atoms with Crippen molar-refractivity contribution in [3.05, 3.63) is 91.1 Å². The number of furan rings is 1. The number of carbonyl (C=O) groups is 1. The maximum atomic E-state index is 12.9. The number of amides is 1. The number of nitrogens with zero attached hydrogens (tertiary/aromatic N) is 4. The Morgan fingerprint density at radius 2 is 1.89 bits per heavy atom. The van der Waals surface area contributed by atoms with E-state index in [0.29, 0.717) is 35.6 Å². The largest absolute Gasteiger partial charge is 0.497 e. The van der Waals surface area contributed by atoms with Gasteiger partial charge in [-0.1, -0.05) is 12.1 Å². The first kappa shape index (κ1) is 24.7. The summed E-state index contributed by atoms with van der Waals surface area (Å²) in [4.78, 5) is 26.1. The van der Waals surface area contributed by atoms with E-state index in [2.05, 4.69) is 25.6 Å². The summed E-state index contributed by atoms with van der Waals surface area (Å²) in [6.45, 7) is 2.02. The lowest BCUT2D eigenvalue weighted by atomic mass is 10.2. The van der Waals surface area contributed by atoms with E-state index in [1.54, 1.807) is 56.9 Å². The van der Waals surface area contributed by atoms with Crippen molar-refractivity contribution in [2.24, 2.45) is 0 Å². The van der Waals surface area contributed by atoms with Crippen molar-refractivity contribution in [3.63, 3.8) is 0 Å². The van der Waals surface area contributed by atoms with Gasteiger partial charge in [-0.3, -0.25) is 9.36 Å². The molecule has 0 aliphatic heterocycles. The highest BCUT2D eigenvalue weighted by Gasteiger charge is 2.15. The first-order chi connectivity index (χ1) is 18.5. The summed E-state index contributed by atoms with van der Waals surface area (Å²) in [5.74, 6) is 2.80. The third-order valence-electron chi connectivity index (χ3n) is 5.67. The summed E-state index contributed by atoms with van der Waals surface area (Å²) in [6, 6.07) is 19.9. The van der Waals surface area contributed by atoms with E-state index >= 15 is 0 Å². The van der Waals surface area contributed by atoms with E-state index in [4.69, 9.17) is 9.15 Å². The molecule has 0 aliphatic rings. The van der Waals surface area contributed by atoms with Gasteiger partial charge in [0.25, 0.3) is 5.91 Å². The molecule has 5 aromatic rings. The zero-order valence-electron chi connectivity index (χ0n) is 20.8. The van der Waals surface area contributed by atoms with Crippen molar-refractivity contribution in [1.29, 1.82) is 0 Å². The van der Waals surface area contributed by atoms with Crippen molar-refractivity contribution in [2.75, 3.05) is 24.3 Å². The number of nitrogens with one attached hydrogen (secondary N) is 2. The number of aromatic nitrogens is 4. The Morgan fingerprint density at radius 1 is 1.05 bits per heavy atom. The molecule has 0 bridgehead atoms. The van der Waals surface area contributed by atoms with Crippen LogP contribution in [0.3, 0.4) is 0 Å². The first-order valence-corrected chi connectivity index (χ1v) is 11.9. The quantitative estimate of drug-likeness (QED) is 0.262. The molecule has 0 saturated heterocycles. The Bertz CT molecular complexity index is 1540. The van der Waals surface area contributed by atoms with Gasteiger partial charge >= 0.3 is 0 Å². The van der Waals surface area contributed by atoms with Gasteiger partial charge in [-0.2, -0.15) is 4.98 Å². The number of imidazole rings is 1. The van der Waals surface area contributed by atoms with Crippen molar-refractivity contribution in [3.8, 4) is 34.3 Å². The zero-order chi connectivity index (χ0) is 26.5. The minimum atomic E-state index is -0.528. The van der Waals surface area contributed by atoms with Crippen molar-refractivity contribution >= 4 is 17.5 Å². The third kappa shape index (κ3) is 5.55. The number of aliphatic hydroxyl groups excluding tert-OH is 1. The molecule has 1 unspecified atom stereocenters. The monoisotopic (exact) mass is 510 g/mol. The number of hydrogen-bond acceptors (Lipinski definition) is 8. The van der Waals surface area contributed by atoms with Crippen LogP contribution in [0.5, 0.6) is 5.75 Å². The number of hydrogen-bond donors (Lipinski definition) is 3. The van der Waals surface area contributed by atoms with Crippen molar-refractivity contribution in [1.82, 2.24) is 19.5 Å². The molecule has 0 spiro atoms. The lowest BCUT2D eigenvalue weighted by Crippen LogP contribution is -2.17. The minimum Gasteiger partial charge on any atom is -0.497 e. The van der Waals surface area contributed by atoms with Gasteiger partial charge in [0.2, 0.25) is 5.95 Å². The SMILES string of the molecule is COc1ccc(-c2ccc(C(=O)Nc3cccc(-c4nccn4-c4ccnc(NCC(C)O)n4)c3)o2)cc1. The van der Waals surface area contributed by atoms with E-state index in [1.807, 2.05) is 47.0 Å². The summed E-state index contributed by atoms with van der Waals surface area (Å²) in [5.41, 5.74) is 2.21. The average molecular weight is 511 g/mol. The van der Waals surface area contributed by atoms with Crippen LogP contribution >= 0.6 is 0 Å². The second-order valence-electron chi connectivity index (χ2n) is 8.52. The number of rotatable bonds is 9. The van der Waals surface area contributed by atoms with Crippen LogP contribution in [0, 0.1) is 0 Å². The molecule has 1 atom stereocenters. The number of aliphatic hydroxyl groups is 1. The van der Waals surface area contributed by atoms with E-state index < -0.39 is 6.10 Å². The Labute approximate surface area is 219 Å². The second kappa shape index (κ2) is 11.0. The molecule has 0 fully saturated rings. The van der Waals surface area contributed by atoms with Crippen LogP contribution in [0.25, 0.3) is 28.5 Å². The predicted octanol–water partition coefficient (Wildman–Crippen LogP) is 4.64. The minimum absolute atomic E-state index is 0.195. The highest BCUT2D eigenvalue weighted by molar-refractivity contribution is 6.02. The molecule has 192 valence electrons. The molecule has 3 heterocycles. The summed E-state index contributed by atoms with van der Waals surface area (Å²) >= 11 is 0. The fourth-order valence-electron chi connectivity index (χ4n) is 3.81. The summed E-state index contributed by atoms with van der Waals surface area (Å²) in [5, 5.41) is 15.4. The third-order valence-corrected chi connectivity index (χ3v) is 5.67. The molecule has 0 aliphatic carbocycles. The predicted molar refractivity (Wildman–Crippen MR) is 143 cm³/mol. The van der Waals surface area contributed by atoms with Crippen LogP contribution in [0.1, 0.15) is 17.5 Å². The summed E-state index contributed by atoms with van der Waals surface area (Å²) in [6.07, 6.45) is 4.58. The van der Waals surface area contributed by atoms with E-state index in [9.17, 15) is 9.90 Å². The Kier molecular flexibility index (Phi) is 7.14. The Morgan fingerprint density at radius 3 is 2.68 bits per heavy atom. The van der Waals surface area contributed by atoms with Crippen LogP contribution < -0.4 is 15.4 Å². The zero-order valence-corrected chi connectivity index (χ0v) is 20.8. The molecule has 38 heavy (non-hydrogen) atoms. The molecular weight excluding hydrogens is 484 g/mol. The standard InChI is InChI=1S/C28H26N6O4/c1-18(35)17-31-28-30-13-12-25(33-28)34-15-14-29-26(34)20-4-3-5-21(16-20)32-27(36)24-11-10-23(38-24)19-6-8-22(37-2)9-7-19/h3-16,18,35H,17H2,1-2H3,(H,32,36)(H,30,31,33). The molecule has 5 rings (SSSR count). The Hall–Kier alpha value is -4.96. The maximum absolute atomic E-state index is 12.9. The van der Waals surface area contributed by atoms with Gasteiger partial charge in [-0.15, -0.1) is 0 Å². The van der Waals surface area contributed by atoms with Gasteiger partial charge < -0.3 is 24.9 Å². The topological polar surface area (TPSA) is 127 Å². The van der Waals surface area contributed by atoms with Crippen molar-refractivity contribution < 1.29 is 19.1 Å². The molecule has 3 N–H and O–H groups in total. The lowest BCUT2D eigenvalue weighted by Gasteiger charge is -2.11. The smallest absolute Gasteiger partial charge is 0.291 e. The van der Waals surface area contributed by atoms with Crippen LogP contribution in [0.4, 0.5) is 11.6 Å². The molecule has 10 heteroatoms. The van der Waals surface area contributed by atoms with Gasteiger partial charge in [-0.05, 0) is 61.5 Å². The van der Waals surface area contributed by atoms with Crippen LogP contribution in [-0.4, -0.2) is 50.3 Å². The first-order valence-electron chi connectivity index (χ1n) is 11.9. The van der Waals surface area contributed by atoms with E-state index in [0.717, 1.165) is 16.9 Å². The number of anilines is 2. The van der Waals surface area contributed by atoms with Gasteiger partial charge in [0.15, 0.2) is 5.76 Å².